The molecule has 2 rings (SSSR count). The lowest BCUT2D eigenvalue weighted by Crippen LogP contribution is -2.54. The van der Waals surface area contributed by atoms with Crippen molar-refractivity contribution in [2.24, 2.45) is 11.8 Å². The number of carbonyl (C=O) groups is 2. The fourth-order valence-electron chi connectivity index (χ4n) is 3.28. The van der Waals surface area contributed by atoms with E-state index in [1.807, 2.05) is 0 Å². The van der Waals surface area contributed by atoms with Gasteiger partial charge in [0.05, 0.1) is 7.11 Å². The number of ether oxygens (including phenoxy) is 1. The highest BCUT2D eigenvalue weighted by Crippen LogP contribution is 2.51. The molecule has 2 aliphatic carbocycles. The molecule has 1 fully saturated rings. The summed E-state index contributed by atoms with van der Waals surface area (Å²) < 4.78 is 3.89. The molecular weight excluding hydrogens is 392 g/mol. The average molecular weight is 410 g/mol. The first kappa shape index (κ1) is 16.0. The molecule has 1 saturated carbocycles. The number of esters is 1. The monoisotopic (exact) mass is 408 g/mol. The maximum atomic E-state index is 12.4. The highest BCUT2D eigenvalue weighted by atomic mass is 79.9. The predicted molar refractivity (Wildman–Crippen MR) is 81.9 cm³/mol. The average Bonchev–Trinajstić information content (AvgIpc) is 2.42. The van der Waals surface area contributed by atoms with Gasteiger partial charge in [-0.2, -0.15) is 0 Å². The molecule has 0 aromatic rings. The third-order valence-corrected chi connectivity index (χ3v) is 6.59. The molecular formula is C14H18Br2O4. The molecule has 0 saturated heterocycles. The van der Waals surface area contributed by atoms with Crippen LogP contribution in [0, 0.1) is 11.8 Å². The molecule has 0 heterocycles. The van der Waals surface area contributed by atoms with Crippen molar-refractivity contribution in [3.8, 4) is 0 Å². The van der Waals surface area contributed by atoms with Gasteiger partial charge < -0.3 is 9.84 Å². The molecule has 1 N–H and O–H groups in total. The van der Waals surface area contributed by atoms with E-state index in [1.165, 1.54) is 7.11 Å². The highest BCUT2D eigenvalue weighted by Gasteiger charge is 2.58. The lowest BCUT2D eigenvalue weighted by Gasteiger charge is -2.41. The molecule has 0 aliphatic heterocycles. The Morgan fingerprint density at radius 2 is 1.90 bits per heavy atom. The van der Waals surface area contributed by atoms with E-state index in [1.54, 1.807) is 0 Å². The van der Waals surface area contributed by atoms with Crippen LogP contribution in [0.4, 0.5) is 0 Å². The van der Waals surface area contributed by atoms with Crippen molar-refractivity contribution in [2.45, 2.75) is 42.8 Å². The topological polar surface area (TPSA) is 63.6 Å². The van der Waals surface area contributed by atoms with Crippen LogP contribution >= 0.6 is 31.9 Å². The summed E-state index contributed by atoms with van der Waals surface area (Å²) in [4.78, 5) is 24.6. The zero-order chi connectivity index (χ0) is 14.9. The van der Waals surface area contributed by atoms with Crippen LogP contribution < -0.4 is 0 Å². The van der Waals surface area contributed by atoms with E-state index in [-0.39, 0.29) is 17.6 Å². The number of aliphatic hydroxyl groups excluding tert-OH is 1. The van der Waals surface area contributed by atoms with Crippen molar-refractivity contribution in [1.29, 1.82) is 0 Å². The Morgan fingerprint density at radius 1 is 1.30 bits per heavy atom. The number of halogens is 2. The van der Waals surface area contributed by atoms with Crippen LogP contribution in [0.3, 0.4) is 0 Å². The summed E-state index contributed by atoms with van der Waals surface area (Å²) in [5, 5.41) is 10.1. The molecule has 4 nitrogen and oxygen atoms in total. The lowest BCUT2D eigenvalue weighted by molar-refractivity contribution is -0.150. The largest absolute Gasteiger partial charge is 0.504 e. The van der Waals surface area contributed by atoms with Crippen LogP contribution in [0.15, 0.2) is 10.2 Å². The van der Waals surface area contributed by atoms with Crippen molar-refractivity contribution < 1.29 is 19.4 Å². The normalized spacial score (nSPS) is 35.0. The summed E-state index contributed by atoms with van der Waals surface area (Å²) in [6, 6.07) is 0. The fraction of sp³-hybridized carbons (Fsp3) is 0.714. The van der Waals surface area contributed by atoms with Crippen molar-refractivity contribution >= 4 is 43.6 Å². The molecule has 0 spiro atoms. The third kappa shape index (κ3) is 2.45. The fourth-order valence-corrected chi connectivity index (χ4v) is 4.91. The molecule has 0 aromatic heterocycles. The maximum Gasteiger partial charge on any atom is 0.331 e. The molecule has 20 heavy (non-hydrogen) atoms. The van der Waals surface area contributed by atoms with Crippen molar-refractivity contribution in [3.63, 3.8) is 0 Å². The molecule has 0 amide bonds. The summed E-state index contributed by atoms with van der Waals surface area (Å²) in [5.74, 6) is -1.78. The molecule has 6 heteroatoms. The van der Waals surface area contributed by atoms with Crippen molar-refractivity contribution in [2.75, 3.05) is 7.11 Å². The Balaban J connectivity index is 2.50. The van der Waals surface area contributed by atoms with Gasteiger partial charge in [-0.3, -0.25) is 9.59 Å². The number of carbonyl (C=O) groups excluding carboxylic acids is 2. The first-order chi connectivity index (χ1) is 9.44. The van der Waals surface area contributed by atoms with Gasteiger partial charge in [-0.25, -0.2) is 0 Å². The minimum absolute atomic E-state index is 0.0218. The molecule has 112 valence electrons. The smallest absolute Gasteiger partial charge is 0.331 e. The standard InChI is InChI=1S/C14H18Br2O4/c1-20-13(19)14(16)9-7-5-3-2-4-6-8(9)10(15)11(17)12(14)18/h8-9,17H,2-7H2,1H3/t8-,9+,14+/m0/s1. The SMILES string of the molecule is COC(=O)[C@]1(Br)C(=O)C(O)=C(Br)[C@H]2CCCCCC[C@H]21. The third-order valence-electron chi connectivity index (χ3n) is 4.36. The van der Waals surface area contributed by atoms with Crippen molar-refractivity contribution in [3.05, 3.63) is 10.2 Å². The van der Waals surface area contributed by atoms with Gasteiger partial charge in [-0.1, -0.05) is 57.5 Å². The van der Waals surface area contributed by atoms with E-state index in [0.717, 1.165) is 38.5 Å². The van der Waals surface area contributed by atoms with E-state index in [2.05, 4.69) is 31.9 Å². The van der Waals surface area contributed by atoms with E-state index in [0.29, 0.717) is 4.48 Å². The van der Waals surface area contributed by atoms with E-state index >= 15 is 0 Å². The van der Waals surface area contributed by atoms with Gasteiger partial charge in [0.15, 0.2) is 10.1 Å². The van der Waals surface area contributed by atoms with Crippen LogP contribution in [0.1, 0.15) is 38.5 Å². The van der Waals surface area contributed by atoms with Gasteiger partial charge in [0.25, 0.3) is 0 Å². The number of ketones is 1. The number of aliphatic hydroxyl groups is 1. The number of fused-ring (bicyclic) bond motifs is 1. The van der Waals surface area contributed by atoms with E-state index in [4.69, 9.17) is 4.74 Å². The Kier molecular flexibility index (Phi) is 4.95. The summed E-state index contributed by atoms with van der Waals surface area (Å²) in [7, 11) is 1.26. The van der Waals surface area contributed by atoms with Crippen molar-refractivity contribution in [1.82, 2.24) is 0 Å². The maximum absolute atomic E-state index is 12.4. The molecule has 2 aliphatic rings. The molecule has 3 atom stereocenters. The minimum Gasteiger partial charge on any atom is -0.504 e. The summed E-state index contributed by atoms with van der Waals surface area (Å²) in [6.07, 6.45) is 5.87. The van der Waals surface area contributed by atoms with Gasteiger partial charge >= 0.3 is 5.97 Å². The molecule has 0 bridgehead atoms. The Hall–Kier alpha value is -0.360. The van der Waals surface area contributed by atoms with Gasteiger partial charge in [0, 0.05) is 10.4 Å². The molecule has 0 unspecified atom stereocenters. The van der Waals surface area contributed by atoms with Crippen LogP contribution in [0.5, 0.6) is 0 Å². The summed E-state index contributed by atoms with van der Waals surface area (Å²) in [5.41, 5.74) is 0. The zero-order valence-corrected chi connectivity index (χ0v) is 14.5. The van der Waals surface area contributed by atoms with Crippen LogP contribution in [-0.2, 0) is 14.3 Å². The second-order valence-corrected chi connectivity index (χ2v) is 7.54. The second-order valence-electron chi connectivity index (χ2n) is 5.43. The number of methoxy groups -OCH3 is 1. The number of hydrogen-bond acceptors (Lipinski definition) is 4. The van der Waals surface area contributed by atoms with Gasteiger partial charge in [0.2, 0.25) is 5.78 Å². The number of Topliss-reactive ketones (excluding diaryl/α,β-unsaturated/α-hetero) is 1. The number of allylic oxidation sites excluding steroid dienone is 2. The Morgan fingerprint density at radius 3 is 2.50 bits per heavy atom. The molecule has 0 aromatic carbocycles. The number of alkyl halides is 1. The van der Waals surface area contributed by atoms with Gasteiger partial charge in [0.1, 0.15) is 0 Å². The zero-order valence-electron chi connectivity index (χ0n) is 11.3. The van der Waals surface area contributed by atoms with Crippen LogP contribution in [0.2, 0.25) is 0 Å². The van der Waals surface area contributed by atoms with Gasteiger partial charge in [-0.05, 0) is 18.8 Å². The minimum atomic E-state index is -1.45. The van der Waals surface area contributed by atoms with E-state index in [9.17, 15) is 14.7 Å². The van der Waals surface area contributed by atoms with E-state index < -0.39 is 16.1 Å². The number of hydrogen-bond donors (Lipinski definition) is 1. The quantitative estimate of drug-likeness (QED) is 0.408. The highest BCUT2D eigenvalue weighted by molar-refractivity contribution is 9.12. The van der Waals surface area contributed by atoms with Crippen LogP contribution in [-0.4, -0.2) is 28.3 Å². The molecule has 0 radical (unpaired) electrons. The summed E-state index contributed by atoms with van der Waals surface area (Å²) >= 11 is 6.67. The van der Waals surface area contributed by atoms with Gasteiger partial charge in [-0.15, -0.1) is 0 Å². The summed E-state index contributed by atoms with van der Waals surface area (Å²) in [6.45, 7) is 0. The first-order valence-corrected chi connectivity index (χ1v) is 8.44. The van der Waals surface area contributed by atoms with Crippen LogP contribution in [0.25, 0.3) is 0 Å². The lowest BCUT2D eigenvalue weighted by atomic mass is 9.69. The number of rotatable bonds is 1. The Bertz CT molecular complexity index is 460. The Labute approximate surface area is 135 Å². The predicted octanol–water partition coefficient (Wildman–Crippen LogP) is 3.63. The first-order valence-electron chi connectivity index (χ1n) is 6.85. The second kappa shape index (κ2) is 6.18.